The summed E-state index contributed by atoms with van der Waals surface area (Å²) in [5, 5.41) is 0.601. The largest absolute Gasteiger partial charge is 0.342 e. The lowest BCUT2D eigenvalue weighted by Gasteiger charge is -2.20. The number of terminal acetylenes is 1. The summed E-state index contributed by atoms with van der Waals surface area (Å²) in [5.41, 5.74) is 0.641. The van der Waals surface area contributed by atoms with Gasteiger partial charge < -0.3 is 9.47 Å². The predicted octanol–water partition coefficient (Wildman–Crippen LogP) is 3.04. The number of amides is 1. The highest BCUT2D eigenvalue weighted by atomic mass is 35.5. The van der Waals surface area contributed by atoms with Crippen LogP contribution in [0.1, 0.15) is 36.7 Å². The molecule has 19 heavy (non-hydrogen) atoms. The van der Waals surface area contributed by atoms with Crippen molar-refractivity contribution in [3.05, 3.63) is 23.0 Å². The summed E-state index contributed by atoms with van der Waals surface area (Å²) in [6.07, 6.45) is 10.5. The first-order valence-corrected chi connectivity index (χ1v) is 7.12. The van der Waals surface area contributed by atoms with Crippen LogP contribution in [0.5, 0.6) is 0 Å². The fourth-order valence-electron chi connectivity index (χ4n) is 2.18. The SMILES string of the molecule is C#CCN(CC1CC1)C(=O)c1cc(Cl)cn1CCC. The molecule has 1 aliphatic carbocycles. The van der Waals surface area contributed by atoms with Crippen molar-refractivity contribution >= 4 is 17.5 Å². The summed E-state index contributed by atoms with van der Waals surface area (Å²) in [6.45, 7) is 3.99. The van der Waals surface area contributed by atoms with Crippen molar-refractivity contribution in [3.63, 3.8) is 0 Å². The molecule has 0 aromatic carbocycles. The Hall–Kier alpha value is -1.40. The normalized spacial score (nSPS) is 14.2. The number of nitrogens with zero attached hydrogens (tertiary/aromatic N) is 2. The number of halogens is 1. The standard InChI is InChI=1S/C15H19ClN2O/c1-3-7-17-11-13(16)9-14(17)15(19)18(8-4-2)10-12-5-6-12/h2,9,11-12H,3,5-8,10H2,1H3. The van der Waals surface area contributed by atoms with E-state index in [1.54, 1.807) is 11.0 Å². The fraction of sp³-hybridized carbons (Fsp3) is 0.533. The van der Waals surface area contributed by atoms with Crippen LogP contribution in [-0.2, 0) is 6.54 Å². The molecule has 4 heteroatoms. The van der Waals surface area contributed by atoms with Crippen LogP contribution in [-0.4, -0.2) is 28.5 Å². The van der Waals surface area contributed by atoms with Gasteiger partial charge in [0.2, 0.25) is 0 Å². The van der Waals surface area contributed by atoms with E-state index in [-0.39, 0.29) is 5.91 Å². The van der Waals surface area contributed by atoms with Crippen molar-refractivity contribution in [2.45, 2.75) is 32.7 Å². The van der Waals surface area contributed by atoms with Crippen LogP contribution in [0.15, 0.2) is 12.3 Å². The van der Waals surface area contributed by atoms with E-state index in [4.69, 9.17) is 18.0 Å². The summed E-state index contributed by atoms with van der Waals surface area (Å²) < 4.78 is 1.92. The van der Waals surface area contributed by atoms with Gasteiger partial charge in [-0.2, -0.15) is 0 Å². The molecule has 3 nitrogen and oxygen atoms in total. The van der Waals surface area contributed by atoms with Crippen molar-refractivity contribution < 1.29 is 4.79 Å². The highest BCUT2D eigenvalue weighted by molar-refractivity contribution is 6.31. The molecule has 1 aromatic rings. The molecule has 0 spiro atoms. The van der Waals surface area contributed by atoms with Crippen molar-refractivity contribution in [2.75, 3.05) is 13.1 Å². The van der Waals surface area contributed by atoms with Gasteiger partial charge in [-0.15, -0.1) is 6.42 Å². The first-order chi connectivity index (χ1) is 9.15. The van der Waals surface area contributed by atoms with Crippen LogP contribution in [0.25, 0.3) is 0 Å². The average Bonchev–Trinajstić information content (AvgIpc) is 3.11. The molecule has 1 heterocycles. The molecule has 1 amide bonds. The maximum atomic E-state index is 12.6. The van der Waals surface area contributed by atoms with E-state index in [0.29, 0.717) is 23.2 Å². The van der Waals surface area contributed by atoms with Gasteiger partial charge in [-0.25, -0.2) is 0 Å². The monoisotopic (exact) mass is 278 g/mol. The van der Waals surface area contributed by atoms with Crippen LogP contribution >= 0.6 is 11.6 Å². The highest BCUT2D eigenvalue weighted by Gasteiger charge is 2.28. The number of aryl methyl sites for hydroxylation is 1. The minimum Gasteiger partial charge on any atom is -0.342 e. The molecule has 1 fully saturated rings. The van der Waals surface area contributed by atoms with E-state index in [1.807, 2.05) is 10.8 Å². The summed E-state index contributed by atoms with van der Waals surface area (Å²) in [5.74, 6) is 3.19. The third kappa shape index (κ3) is 3.54. The first-order valence-electron chi connectivity index (χ1n) is 6.74. The zero-order valence-electron chi connectivity index (χ0n) is 11.2. The number of carbonyl (C=O) groups excluding carboxylic acids is 1. The molecular weight excluding hydrogens is 260 g/mol. The molecule has 1 aromatic heterocycles. The van der Waals surface area contributed by atoms with Gasteiger partial charge in [0.05, 0.1) is 11.6 Å². The Morgan fingerprint density at radius 2 is 2.37 bits per heavy atom. The lowest BCUT2D eigenvalue weighted by Crippen LogP contribution is -2.34. The van der Waals surface area contributed by atoms with Crippen molar-refractivity contribution in [1.29, 1.82) is 0 Å². The second kappa shape index (κ2) is 6.16. The van der Waals surface area contributed by atoms with E-state index in [2.05, 4.69) is 12.8 Å². The Labute approximate surface area is 119 Å². The summed E-state index contributed by atoms with van der Waals surface area (Å²) >= 11 is 6.01. The van der Waals surface area contributed by atoms with Crippen LogP contribution in [0, 0.1) is 18.3 Å². The summed E-state index contributed by atoms with van der Waals surface area (Å²) in [4.78, 5) is 14.3. The molecule has 0 bridgehead atoms. The molecule has 2 rings (SSSR count). The van der Waals surface area contributed by atoms with E-state index in [0.717, 1.165) is 19.5 Å². The molecule has 0 radical (unpaired) electrons. The van der Waals surface area contributed by atoms with E-state index in [9.17, 15) is 4.79 Å². The third-order valence-electron chi connectivity index (χ3n) is 3.29. The van der Waals surface area contributed by atoms with Crippen LogP contribution in [0.4, 0.5) is 0 Å². The molecule has 0 N–H and O–H groups in total. The van der Waals surface area contributed by atoms with Gasteiger partial charge in [0.1, 0.15) is 5.69 Å². The molecule has 0 saturated heterocycles. The van der Waals surface area contributed by atoms with Gasteiger partial charge in [-0.3, -0.25) is 4.79 Å². The molecular formula is C15H19ClN2O. The first kappa shape index (κ1) is 14.0. The zero-order chi connectivity index (χ0) is 13.8. The Bertz CT molecular complexity index is 497. The minimum absolute atomic E-state index is 0.00907. The van der Waals surface area contributed by atoms with Gasteiger partial charge in [-0.05, 0) is 31.2 Å². The quantitative estimate of drug-likeness (QED) is 0.734. The van der Waals surface area contributed by atoms with Gasteiger partial charge in [0.15, 0.2) is 0 Å². The minimum atomic E-state index is -0.00907. The van der Waals surface area contributed by atoms with E-state index >= 15 is 0 Å². The highest BCUT2D eigenvalue weighted by Crippen LogP contribution is 2.30. The van der Waals surface area contributed by atoms with Crippen molar-refractivity contribution in [1.82, 2.24) is 9.47 Å². The Morgan fingerprint density at radius 1 is 1.63 bits per heavy atom. The number of hydrogen-bond donors (Lipinski definition) is 0. The molecule has 0 aliphatic heterocycles. The molecule has 1 saturated carbocycles. The summed E-state index contributed by atoms with van der Waals surface area (Å²) in [6, 6.07) is 1.73. The summed E-state index contributed by atoms with van der Waals surface area (Å²) in [7, 11) is 0. The topological polar surface area (TPSA) is 25.2 Å². The smallest absolute Gasteiger partial charge is 0.271 e. The number of hydrogen-bond acceptors (Lipinski definition) is 1. The lowest BCUT2D eigenvalue weighted by molar-refractivity contribution is 0.0759. The molecule has 1 aliphatic rings. The number of rotatable bonds is 6. The van der Waals surface area contributed by atoms with Gasteiger partial charge in [0.25, 0.3) is 5.91 Å². The Kier molecular flexibility index (Phi) is 4.55. The molecule has 102 valence electrons. The van der Waals surface area contributed by atoms with Gasteiger partial charge in [0, 0.05) is 19.3 Å². The molecule has 0 unspecified atom stereocenters. The van der Waals surface area contributed by atoms with Crippen LogP contribution in [0.3, 0.4) is 0 Å². The van der Waals surface area contributed by atoms with E-state index < -0.39 is 0 Å². The second-order valence-electron chi connectivity index (χ2n) is 5.07. The average molecular weight is 279 g/mol. The van der Waals surface area contributed by atoms with E-state index in [1.165, 1.54) is 12.8 Å². The van der Waals surface area contributed by atoms with Gasteiger partial charge >= 0.3 is 0 Å². The van der Waals surface area contributed by atoms with Crippen molar-refractivity contribution in [2.24, 2.45) is 5.92 Å². The Balaban J connectivity index is 2.17. The lowest BCUT2D eigenvalue weighted by atomic mass is 10.3. The fourth-order valence-corrected chi connectivity index (χ4v) is 2.40. The molecule has 0 atom stereocenters. The maximum absolute atomic E-state index is 12.6. The predicted molar refractivity (Wildman–Crippen MR) is 77.2 cm³/mol. The zero-order valence-corrected chi connectivity index (χ0v) is 12.0. The Morgan fingerprint density at radius 3 is 2.95 bits per heavy atom. The number of aromatic nitrogens is 1. The number of carbonyl (C=O) groups is 1. The van der Waals surface area contributed by atoms with Gasteiger partial charge in [-0.1, -0.05) is 24.4 Å². The maximum Gasteiger partial charge on any atom is 0.271 e. The van der Waals surface area contributed by atoms with Crippen molar-refractivity contribution in [3.8, 4) is 12.3 Å². The third-order valence-corrected chi connectivity index (χ3v) is 3.50. The second-order valence-corrected chi connectivity index (χ2v) is 5.51. The van der Waals surface area contributed by atoms with Crippen LogP contribution in [0.2, 0.25) is 5.02 Å². The van der Waals surface area contributed by atoms with Crippen LogP contribution < -0.4 is 0 Å².